The summed E-state index contributed by atoms with van der Waals surface area (Å²) in [5.41, 5.74) is 4.52. The second-order valence-corrected chi connectivity index (χ2v) is 7.16. The average Bonchev–Trinajstić information content (AvgIpc) is 2.61. The van der Waals surface area contributed by atoms with E-state index in [1.807, 2.05) is 12.3 Å². The summed E-state index contributed by atoms with van der Waals surface area (Å²) >= 11 is 0. The van der Waals surface area contributed by atoms with Gasteiger partial charge in [-0.2, -0.15) is 0 Å². The summed E-state index contributed by atoms with van der Waals surface area (Å²) in [6.07, 6.45) is 1.90. The van der Waals surface area contributed by atoms with Gasteiger partial charge < -0.3 is 9.64 Å². The topological polar surface area (TPSA) is 24.8 Å². The molecule has 25 heavy (non-hydrogen) atoms. The number of aliphatic imine (C=N–C) groups is 1. The lowest BCUT2D eigenvalue weighted by Gasteiger charge is -2.21. The molecular weight excluding hydrogens is 308 g/mol. The molecule has 0 radical (unpaired) electrons. The number of anilines is 1. The Morgan fingerprint density at radius 1 is 1.00 bits per heavy atom. The zero-order valence-corrected chi connectivity index (χ0v) is 16.3. The van der Waals surface area contributed by atoms with Crippen LogP contribution in [0.25, 0.3) is 0 Å². The Morgan fingerprint density at radius 2 is 1.64 bits per heavy atom. The van der Waals surface area contributed by atoms with E-state index in [-0.39, 0.29) is 5.41 Å². The average molecular weight is 338 g/mol. The van der Waals surface area contributed by atoms with Crippen LogP contribution in [0.4, 0.5) is 11.4 Å². The molecule has 0 saturated heterocycles. The fourth-order valence-corrected chi connectivity index (χ4v) is 2.76. The molecule has 2 aromatic carbocycles. The lowest BCUT2D eigenvalue weighted by Crippen LogP contribution is -2.21. The van der Waals surface area contributed by atoms with Gasteiger partial charge in [-0.05, 0) is 54.7 Å². The maximum Gasteiger partial charge on any atom is 0.144 e. The van der Waals surface area contributed by atoms with Crippen LogP contribution in [-0.2, 0) is 5.41 Å². The van der Waals surface area contributed by atoms with E-state index in [9.17, 15) is 0 Å². The van der Waals surface area contributed by atoms with Crippen molar-refractivity contribution in [2.75, 3.05) is 25.1 Å². The molecule has 0 aromatic heterocycles. The Balaban J connectivity index is 2.26. The number of benzene rings is 2. The Morgan fingerprint density at radius 3 is 2.16 bits per heavy atom. The minimum atomic E-state index is 0.0853. The van der Waals surface area contributed by atoms with Crippen molar-refractivity contribution >= 4 is 17.6 Å². The molecule has 0 aliphatic carbocycles. The molecule has 0 heterocycles. The summed E-state index contributed by atoms with van der Waals surface area (Å²) in [6, 6.07) is 14.7. The van der Waals surface area contributed by atoms with Gasteiger partial charge in [0.1, 0.15) is 11.4 Å². The third-order valence-electron chi connectivity index (χ3n) is 4.42. The van der Waals surface area contributed by atoms with Gasteiger partial charge in [-0.25, -0.2) is 0 Å². The van der Waals surface area contributed by atoms with Gasteiger partial charge in [0.15, 0.2) is 0 Å². The minimum absolute atomic E-state index is 0.0853. The van der Waals surface area contributed by atoms with Crippen LogP contribution in [0.2, 0.25) is 0 Å². The first-order valence-corrected chi connectivity index (χ1v) is 8.96. The van der Waals surface area contributed by atoms with Crippen molar-refractivity contribution in [2.45, 2.75) is 40.0 Å². The van der Waals surface area contributed by atoms with E-state index in [1.54, 1.807) is 7.11 Å². The van der Waals surface area contributed by atoms with Crippen molar-refractivity contribution in [1.82, 2.24) is 0 Å². The Labute approximate surface area is 152 Å². The van der Waals surface area contributed by atoms with E-state index in [4.69, 9.17) is 4.74 Å². The van der Waals surface area contributed by atoms with E-state index in [1.165, 1.54) is 11.3 Å². The normalized spacial score (nSPS) is 11.8. The molecule has 0 aliphatic rings. The van der Waals surface area contributed by atoms with Crippen LogP contribution in [0.5, 0.6) is 5.75 Å². The number of rotatable bonds is 6. The number of ether oxygens (including phenoxy) is 1. The van der Waals surface area contributed by atoms with Crippen molar-refractivity contribution in [3.05, 3.63) is 53.6 Å². The quantitative estimate of drug-likeness (QED) is 0.641. The molecule has 2 aromatic rings. The summed E-state index contributed by atoms with van der Waals surface area (Å²) in [5, 5.41) is 0. The predicted molar refractivity (Wildman–Crippen MR) is 109 cm³/mol. The molecule has 134 valence electrons. The highest BCUT2D eigenvalue weighted by molar-refractivity contribution is 5.83. The Hall–Kier alpha value is -2.29. The molecule has 0 unspecified atom stereocenters. The van der Waals surface area contributed by atoms with E-state index in [0.717, 1.165) is 30.1 Å². The van der Waals surface area contributed by atoms with Gasteiger partial charge in [0.25, 0.3) is 0 Å². The van der Waals surface area contributed by atoms with Crippen LogP contribution in [0, 0.1) is 0 Å². The molecule has 0 saturated carbocycles. The van der Waals surface area contributed by atoms with Gasteiger partial charge in [0.2, 0.25) is 0 Å². The summed E-state index contributed by atoms with van der Waals surface area (Å²) < 4.78 is 5.46. The van der Waals surface area contributed by atoms with Gasteiger partial charge in [-0.3, -0.25) is 4.99 Å². The molecule has 0 atom stereocenters. The fraction of sp³-hybridized carbons (Fsp3) is 0.409. The lowest BCUT2D eigenvalue weighted by atomic mass is 9.87. The highest BCUT2D eigenvalue weighted by Crippen LogP contribution is 2.33. The molecular formula is C22H30N2O. The second kappa shape index (κ2) is 8.19. The van der Waals surface area contributed by atoms with Crippen LogP contribution in [0.15, 0.2) is 47.5 Å². The van der Waals surface area contributed by atoms with Crippen LogP contribution in [0.1, 0.15) is 45.7 Å². The van der Waals surface area contributed by atoms with Crippen molar-refractivity contribution in [1.29, 1.82) is 0 Å². The molecule has 0 amide bonds. The van der Waals surface area contributed by atoms with Gasteiger partial charge in [-0.1, -0.05) is 39.0 Å². The second-order valence-electron chi connectivity index (χ2n) is 7.16. The van der Waals surface area contributed by atoms with Crippen LogP contribution in [-0.4, -0.2) is 26.4 Å². The van der Waals surface area contributed by atoms with Gasteiger partial charge >= 0.3 is 0 Å². The molecule has 3 nitrogen and oxygen atoms in total. The Kier molecular flexibility index (Phi) is 6.24. The fourth-order valence-electron chi connectivity index (χ4n) is 2.76. The minimum Gasteiger partial charge on any atom is -0.494 e. The van der Waals surface area contributed by atoms with Gasteiger partial charge in [-0.15, -0.1) is 0 Å². The van der Waals surface area contributed by atoms with E-state index >= 15 is 0 Å². The molecule has 0 fully saturated rings. The third kappa shape index (κ3) is 4.85. The highest BCUT2D eigenvalue weighted by atomic mass is 16.5. The third-order valence-corrected chi connectivity index (χ3v) is 4.42. The zero-order valence-electron chi connectivity index (χ0n) is 16.3. The first-order valence-electron chi connectivity index (χ1n) is 8.96. The number of hydrogen-bond acceptors (Lipinski definition) is 3. The van der Waals surface area contributed by atoms with E-state index in [0.29, 0.717) is 0 Å². The SMILES string of the molecule is CCN(CC)c1ccc(C=Nc2cc(C(C)(C)C)ccc2OC)cc1. The molecule has 0 aliphatic heterocycles. The first kappa shape index (κ1) is 19.0. The largest absolute Gasteiger partial charge is 0.494 e. The lowest BCUT2D eigenvalue weighted by molar-refractivity contribution is 0.415. The summed E-state index contributed by atoms with van der Waals surface area (Å²) in [7, 11) is 1.68. The Bertz CT molecular complexity index is 708. The summed E-state index contributed by atoms with van der Waals surface area (Å²) in [5.74, 6) is 0.795. The van der Waals surface area contributed by atoms with Crippen molar-refractivity contribution in [3.63, 3.8) is 0 Å². The maximum atomic E-state index is 5.46. The summed E-state index contributed by atoms with van der Waals surface area (Å²) in [4.78, 5) is 7.00. The number of hydrogen-bond donors (Lipinski definition) is 0. The highest BCUT2D eigenvalue weighted by Gasteiger charge is 2.15. The van der Waals surface area contributed by atoms with Crippen LogP contribution >= 0.6 is 0 Å². The molecule has 0 N–H and O–H groups in total. The van der Waals surface area contributed by atoms with E-state index in [2.05, 4.69) is 80.9 Å². The maximum absolute atomic E-state index is 5.46. The number of nitrogens with zero attached hydrogens (tertiary/aromatic N) is 2. The van der Waals surface area contributed by atoms with E-state index < -0.39 is 0 Å². The molecule has 0 spiro atoms. The van der Waals surface area contributed by atoms with Crippen LogP contribution < -0.4 is 9.64 Å². The smallest absolute Gasteiger partial charge is 0.144 e. The predicted octanol–water partition coefficient (Wildman–Crippen LogP) is 5.59. The molecule has 2 rings (SSSR count). The zero-order chi connectivity index (χ0) is 18.4. The van der Waals surface area contributed by atoms with Crippen molar-refractivity contribution < 1.29 is 4.74 Å². The van der Waals surface area contributed by atoms with Crippen molar-refractivity contribution in [3.8, 4) is 5.75 Å². The van der Waals surface area contributed by atoms with Crippen molar-refractivity contribution in [2.24, 2.45) is 4.99 Å². The standard InChI is InChI=1S/C22H30N2O/c1-7-24(8-2)19-12-9-17(10-13-19)16-23-20-15-18(22(3,4)5)11-14-21(20)25-6/h9-16H,7-8H2,1-6H3. The molecule has 3 heteroatoms. The first-order chi connectivity index (χ1) is 11.9. The monoisotopic (exact) mass is 338 g/mol. The molecule has 0 bridgehead atoms. The van der Waals surface area contributed by atoms with Crippen LogP contribution in [0.3, 0.4) is 0 Å². The van der Waals surface area contributed by atoms with Gasteiger partial charge in [0.05, 0.1) is 7.11 Å². The summed E-state index contributed by atoms with van der Waals surface area (Å²) in [6.45, 7) is 13.0. The van der Waals surface area contributed by atoms with Gasteiger partial charge in [0, 0.05) is 25.0 Å². The number of methoxy groups -OCH3 is 1.